The number of fused-ring (bicyclic) bond motifs is 1. The van der Waals surface area contributed by atoms with Crippen molar-refractivity contribution in [1.29, 1.82) is 0 Å². The SMILES string of the molecule is COCC(C)NC(=O)Cn1ccc(=O)c2cc(Br)ccc21. The monoisotopic (exact) mass is 352 g/mol. The Kier molecular flexibility index (Phi) is 5.14. The summed E-state index contributed by atoms with van der Waals surface area (Å²) in [6, 6.07) is 6.86. The lowest BCUT2D eigenvalue weighted by molar-refractivity contribution is -0.122. The van der Waals surface area contributed by atoms with Gasteiger partial charge in [-0.05, 0) is 25.1 Å². The van der Waals surface area contributed by atoms with Crippen molar-refractivity contribution in [2.24, 2.45) is 0 Å². The fraction of sp³-hybridized carbons (Fsp3) is 0.333. The van der Waals surface area contributed by atoms with Crippen molar-refractivity contribution >= 4 is 32.7 Å². The minimum Gasteiger partial charge on any atom is -0.383 e. The van der Waals surface area contributed by atoms with Crippen LogP contribution in [0, 0.1) is 0 Å². The topological polar surface area (TPSA) is 60.3 Å². The zero-order chi connectivity index (χ0) is 15.4. The van der Waals surface area contributed by atoms with Crippen molar-refractivity contribution in [3.63, 3.8) is 0 Å². The number of benzene rings is 1. The van der Waals surface area contributed by atoms with Gasteiger partial charge in [-0.1, -0.05) is 15.9 Å². The van der Waals surface area contributed by atoms with Gasteiger partial charge < -0.3 is 14.6 Å². The Morgan fingerprint density at radius 2 is 2.19 bits per heavy atom. The molecule has 112 valence electrons. The Hall–Kier alpha value is -1.66. The third kappa shape index (κ3) is 3.92. The number of hydrogen-bond donors (Lipinski definition) is 1. The van der Waals surface area contributed by atoms with Gasteiger partial charge in [0.25, 0.3) is 0 Å². The second kappa shape index (κ2) is 6.87. The number of amides is 1. The van der Waals surface area contributed by atoms with E-state index in [0.717, 1.165) is 9.99 Å². The van der Waals surface area contributed by atoms with Crippen LogP contribution >= 0.6 is 15.9 Å². The van der Waals surface area contributed by atoms with Crippen LogP contribution in [0.3, 0.4) is 0 Å². The van der Waals surface area contributed by atoms with E-state index >= 15 is 0 Å². The highest BCUT2D eigenvalue weighted by atomic mass is 79.9. The predicted octanol–water partition coefficient (Wildman–Crippen LogP) is 1.92. The van der Waals surface area contributed by atoms with Crippen molar-refractivity contribution in [3.05, 3.63) is 45.2 Å². The average molecular weight is 353 g/mol. The molecule has 1 aromatic heterocycles. The molecule has 0 aliphatic rings. The first kappa shape index (κ1) is 15.7. The predicted molar refractivity (Wildman–Crippen MR) is 85.4 cm³/mol. The third-order valence-corrected chi connectivity index (χ3v) is 3.57. The second-order valence-corrected chi connectivity index (χ2v) is 5.81. The van der Waals surface area contributed by atoms with Gasteiger partial charge in [-0.25, -0.2) is 0 Å². The van der Waals surface area contributed by atoms with Crippen molar-refractivity contribution in [2.45, 2.75) is 19.5 Å². The Morgan fingerprint density at radius 1 is 1.43 bits per heavy atom. The Bertz CT molecular complexity index is 712. The molecule has 1 amide bonds. The summed E-state index contributed by atoms with van der Waals surface area (Å²) in [6.07, 6.45) is 1.64. The van der Waals surface area contributed by atoms with Gasteiger partial charge in [0.2, 0.25) is 5.91 Å². The van der Waals surface area contributed by atoms with Crippen LogP contribution in [0.5, 0.6) is 0 Å². The van der Waals surface area contributed by atoms with Gasteiger partial charge in [-0.15, -0.1) is 0 Å². The zero-order valence-electron chi connectivity index (χ0n) is 11.9. The summed E-state index contributed by atoms with van der Waals surface area (Å²) in [4.78, 5) is 23.9. The zero-order valence-corrected chi connectivity index (χ0v) is 13.5. The number of methoxy groups -OCH3 is 1. The van der Waals surface area contributed by atoms with E-state index in [4.69, 9.17) is 4.74 Å². The van der Waals surface area contributed by atoms with Crippen LogP contribution in [0.25, 0.3) is 10.9 Å². The van der Waals surface area contributed by atoms with E-state index < -0.39 is 0 Å². The molecule has 0 saturated heterocycles. The van der Waals surface area contributed by atoms with Crippen LogP contribution in [-0.2, 0) is 16.1 Å². The lowest BCUT2D eigenvalue weighted by Gasteiger charge is -2.15. The van der Waals surface area contributed by atoms with E-state index in [1.807, 2.05) is 19.1 Å². The molecule has 2 rings (SSSR count). The first-order valence-electron chi connectivity index (χ1n) is 6.58. The van der Waals surface area contributed by atoms with Gasteiger partial charge in [-0.3, -0.25) is 9.59 Å². The number of halogens is 1. The van der Waals surface area contributed by atoms with E-state index in [-0.39, 0.29) is 23.9 Å². The molecule has 0 spiro atoms. The molecule has 1 heterocycles. The van der Waals surface area contributed by atoms with Crippen molar-refractivity contribution in [3.8, 4) is 0 Å². The molecule has 6 heteroatoms. The van der Waals surface area contributed by atoms with Gasteiger partial charge in [0, 0.05) is 35.3 Å². The molecule has 0 bridgehead atoms. The molecule has 1 N–H and O–H groups in total. The summed E-state index contributed by atoms with van der Waals surface area (Å²) in [7, 11) is 1.59. The van der Waals surface area contributed by atoms with Gasteiger partial charge in [0.15, 0.2) is 5.43 Å². The standard InChI is InChI=1S/C15H17BrN2O3/c1-10(9-21-2)17-15(20)8-18-6-5-14(19)12-7-11(16)3-4-13(12)18/h3-7,10H,8-9H2,1-2H3,(H,17,20). The maximum Gasteiger partial charge on any atom is 0.240 e. The van der Waals surface area contributed by atoms with E-state index in [0.29, 0.717) is 12.0 Å². The number of aromatic nitrogens is 1. The molecular weight excluding hydrogens is 336 g/mol. The Balaban J connectivity index is 2.25. The lowest BCUT2D eigenvalue weighted by atomic mass is 10.2. The number of carbonyl (C=O) groups excluding carboxylic acids is 1. The summed E-state index contributed by atoms with van der Waals surface area (Å²) in [5.41, 5.74) is 0.677. The van der Waals surface area contributed by atoms with E-state index in [1.54, 1.807) is 23.9 Å². The van der Waals surface area contributed by atoms with Gasteiger partial charge >= 0.3 is 0 Å². The van der Waals surface area contributed by atoms with Crippen LogP contribution < -0.4 is 10.7 Å². The van der Waals surface area contributed by atoms with Crippen LogP contribution in [0.4, 0.5) is 0 Å². The van der Waals surface area contributed by atoms with E-state index in [9.17, 15) is 9.59 Å². The minimum absolute atomic E-state index is 0.0534. The normalized spacial score (nSPS) is 12.3. The highest BCUT2D eigenvalue weighted by molar-refractivity contribution is 9.10. The van der Waals surface area contributed by atoms with Crippen LogP contribution in [0.1, 0.15) is 6.92 Å². The van der Waals surface area contributed by atoms with Crippen LogP contribution in [0.15, 0.2) is 39.7 Å². The molecule has 1 unspecified atom stereocenters. The summed E-state index contributed by atoms with van der Waals surface area (Å²) in [5.74, 6) is -0.118. The molecular formula is C15H17BrN2O3. The van der Waals surface area contributed by atoms with Crippen LogP contribution in [-0.4, -0.2) is 30.2 Å². The molecule has 0 saturated carbocycles. The maximum absolute atomic E-state index is 12.0. The number of nitrogens with zero attached hydrogens (tertiary/aromatic N) is 1. The van der Waals surface area contributed by atoms with Crippen LogP contribution in [0.2, 0.25) is 0 Å². The average Bonchev–Trinajstić information content (AvgIpc) is 2.42. The van der Waals surface area contributed by atoms with Crippen molar-refractivity contribution < 1.29 is 9.53 Å². The highest BCUT2D eigenvalue weighted by Gasteiger charge is 2.10. The van der Waals surface area contributed by atoms with Crippen molar-refractivity contribution in [1.82, 2.24) is 9.88 Å². The highest BCUT2D eigenvalue weighted by Crippen LogP contribution is 2.16. The molecule has 2 aromatic rings. The van der Waals surface area contributed by atoms with Gasteiger partial charge in [0.1, 0.15) is 6.54 Å². The summed E-state index contributed by atoms with van der Waals surface area (Å²) in [5, 5.41) is 3.44. The molecule has 0 fully saturated rings. The molecule has 0 aliphatic heterocycles. The molecule has 5 nitrogen and oxygen atoms in total. The van der Waals surface area contributed by atoms with Gasteiger partial charge in [0.05, 0.1) is 12.1 Å². The molecule has 1 atom stereocenters. The minimum atomic E-state index is -0.118. The Morgan fingerprint density at radius 3 is 2.90 bits per heavy atom. The Labute approximate surface area is 131 Å². The second-order valence-electron chi connectivity index (χ2n) is 4.89. The number of pyridine rings is 1. The lowest BCUT2D eigenvalue weighted by Crippen LogP contribution is -2.37. The first-order valence-corrected chi connectivity index (χ1v) is 7.37. The number of nitrogens with one attached hydrogen (secondary N) is 1. The number of rotatable bonds is 5. The molecule has 0 aliphatic carbocycles. The number of ether oxygens (including phenoxy) is 1. The molecule has 0 radical (unpaired) electrons. The number of hydrogen-bond acceptors (Lipinski definition) is 3. The molecule has 1 aromatic carbocycles. The first-order chi connectivity index (χ1) is 10.0. The fourth-order valence-corrected chi connectivity index (χ4v) is 2.55. The smallest absolute Gasteiger partial charge is 0.240 e. The largest absolute Gasteiger partial charge is 0.383 e. The van der Waals surface area contributed by atoms with E-state index in [2.05, 4.69) is 21.2 Å². The fourth-order valence-electron chi connectivity index (χ4n) is 2.19. The molecule has 21 heavy (non-hydrogen) atoms. The third-order valence-electron chi connectivity index (χ3n) is 3.08. The summed E-state index contributed by atoms with van der Waals surface area (Å²) in [6.45, 7) is 2.50. The summed E-state index contributed by atoms with van der Waals surface area (Å²) < 4.78 is 7.58. The maximum atomic E-state index is 12.0. The quantitative estimate of drug-likeness (QED) is 0.894. The van der Waals surface area contributed by atoms with Gasteiger partial charge in [-0.2, -0.15) is 0 Å². The number of carbonyl (C=O) groups is 1. The van der Waals surface area contributed by atoms with Crippen molar-refractivity contribution in [2.75, 3.05) is 13.7 Å². The van der Waals surface area contributed by atoms with E-state index in [1.165, 1.54) is 6.07 Å². The summed E-state index contributed by atoms with van der Waals surface area (Å²) >= 11 is 3.35.